The highest BCUT2D eigenvalue weighted by Gasteiger charge is 2.05. The molecule has 1 heterocycles. The zero-order chi connectivity index (χ0) is 9.14. The quantitative estimate of drug-likeness (QED) is 0.501. The van der Waals surface area contributed by atoms with Gasteiger partial charge >= 0.3 is 0 Å². The van der Waals surface area contributed by atoms with Crippen LogP contribution in [-0.2, 0) is 0 Å². The van der Waals surface area contributed by atoms with Crippen molar-refractivity contribution in [3.8, 4) is 12.3 Å². The predicted molar refractivity (Wildman–Crippen MR) is 51.5 cm³/mol. The number of rotatable bonds is 1. The lowest BCUT2D eigenvalue weighted by atomic mass is 10.1. The summed E-state index contributed by atoms with van der Waals surface area (Å²) >= 11 is 11.4. The normalized spacial score (nSPS) is 12.2. The van der Waals surface area contributed by atoms with Crippen LogP contribution in [0.1, 0.15) is 18.4 Å². The van der Waals surface area contributed by atoms with Crippen molar-refractivity contribution in [2.45, 2.75) is 12.8 Å². The van der Waals surface area contributed by atoms with Gasteiger partial charge in [-0.2, -0.15) is 0 Å². The first-order valence-electron chi connectivity index (χ1n) is 3.42. The Kier molecular flexibility index (Phi) is 2.97. The molecule has 1 atom stereocenters. The van der Waals surface area contributed by atoms with Gasteiger partial charge in [0, 0.05) is 12.1 Å². The van der Waals surface area contributed by atoms with Gasteiger partial charge in [-0.3, -0.25) is 0 Å². The molecule has 1 aromatic rings. The maximum absolute atomic E-state index is 5.75. The van der Waals surface area contributed by atoms with Gasteiger partial charge in [0.15, 0.2) is 0 Å². The van der Waals surface area contributed by atoms with Gasteiger partial charge in [0.1, 0.15) is 5.15 Å². The van der Waals surface area contributed by atoms with E-state index in [4.69, 9.17) is 29.6 Å². The maximum Gasteiger partial charge on any atom is 0.147 e. The Morgan fingerprint density at radius 2 is 2.25 bits per heavy atom. The Labute approximate surface area is 81.7 Å². The second-order valence-electron chi connectivity index (χ2n) is 2.43. The zero-order valence-corrected chi connectivity index (χ0v) is 8.02. The second kappa shape index (κ2) is 3.80. The van der Waals surface area contributed by atoms with Crippen molar-refractivity contribution in [1.29, 1.82) is 0 Å². The summed E-state index contributed by atoms with van der Waals surface area (Å²) < 4.78 is 0. The summed E-state index contributed by atoms with van der Waals surface area (Å²) in [5.74, 6) is 2.61. The van der Waals surface area contributed by atoms with Gasteiger partial charge < -0.3 is 0 Å². The Balaban J connectivity index is 3.06. The zero-order valence-electron chi connectivity index (χ0n) is 6.51. The molecule has 0 aromatic carbocycles. The van der Waals surface area contributed by atoms with Gasteiger partial charge in [-0.1, -0.05) is 29.1 Å². The van der Waals surface area contributed by atoms with Crippen molar-refractivity contribution in [2.24, 2.45) is 0 Å². The number of pyridine rings is 1. The molecule has 0 fully saturated rings. The lowest BCUT2D eigenvalue weighted by molar-refractivity contribution is 0.989. The molecule has 0 aliphatic heterocycles. The summed E-state index contributed by atoms with van der Waals surface area (Å²) in [5.41, 5.74) is 0.909. The van der Waals surface area contributed by atoms with Gasteiger partial charge in [-0.25, -0.2) is 4.98 Å². The van der Waals surface area contributed by atoms with Gasteiger partial charge in [0.25, 0.3) is 0 Å². The topological polar surface area (TPSA) is 12.9 Å². The molecular weight excluding hydrogens is 193 g/mol. The fraction of sp³-hybridized carbons (Fsp3) is 0.222. The van der Waals surface area contributed by atoms with Crippen LogP contribution in [0, 0.1) is 12.3 Å². The summed E-state index contributed by atoms with van der Waals surface area (Å²) in [6.45, 7) is 1.90. The van der Waals surface area contributed by atoms with Crippen LogP contribution in [-0.4, -0.2) is 4.98 Å². The standard InChI is InChI=1S/C9H7Cl2N/c1-3-6(2)7-4-8(10)9(11)12-5-7/h1,4-6H,2H3. The van der Waals surface area contributed by atoms with Crippen LogP contribution in [0.3, 0.4) is 0 Å². The molecule has 1 rings (SSSR count). The summed E-state index contributed by atoms with van der Waals surface area (Å²) in [6.07, 6.45) is 6.88. The van der Waals surface area contributed by atoms with E-state index in [-0.39, 0.29) is 5.92 Å². The van der Waals surface area contributed by atoms with Crippen LogP contribution in [0.25, 0.3) is 0 Å². The first kappa shape index (κ1) is 9.38. The first-order chi connectivity index (χ1) is 5.65. The van der Waals surface area contributed by atoms with Crippen LogP contribution >= 0.6 is 23.2 Å². The minimum absolute atomic E-state index is 0.0206. The number of terminal acetylenes is 1. The van der Waals surface area contributed by atoms with Crippen LogP contribution in [0.2, 0.25) is 10.2 Å². The molecule has 3 heteroatoms. The van der Waals surface area contributed by atoms with Crippen molar-refractivity contribution >= 4 is 23.2 Å². The predicted octanol–water partition coefficient (Wildman–Crippen LogP) is 3.13. The molecule has 0 aliphatic rings. The van der Waals surface area contributed by atoms with Crippen molar-refractivity contribution in [3.05, 3.63) is 28.0 Å². The molecule has 1 unspecified atom stereocenters. The number of hydrogen-bond donors (Lipinski definition) is 0. The highest BCUT2D eigenvalue weighted by molar-refractivity contribution is 6.41. The highest BCUT2D eigenvalue weighted by atomic mass is 35.5. The molecule has 0 bridgehead atoms. The third-order valence-corrected chi connectivity index (χ3v) is 2.25. The lowest BCUT2D eigenvalue weighted by Crippen LogP contribution is -1.90. The third kappa shape index (κ3) is 1.91. The molecule has 1 aromatic heterocycles. The Morgan fingerprint density at radius 3 is 2.75 bits per heavy atom. The van der Waals surface area contributed by atoms with E-state index in [9.17, 15) is 0 Å². The summed E-state index contributed by atoms with van der Waals surface area (Å²) in [7, 11) is 0. The van der Waals surface area contributed by atoms with E-state index in [2.05, 4.69) is 10.9 Å². The minimum Gasteiger partial charge on any atom is -0.243 e. The second-order valence-corrected chi connectivity index (χ2v) is 3.19. The van der Waals surface area contributed by atoms with Crippen LogP contribution in [0.5, 0.6) is 0 Å². The Morgan fingerprint density at radius 1 is 1.58 bits per heavy atom. The fourth-order valence-corrected chi connectivity index (χ4v) is 1.05. The van der Waals surface area contributed by atoms with Gasteiger partial charge in [0.2, 0.25) is 0 Å². The highest BCUT2D eigenvalue weighted by Crippen LogP contribution is 2.23. The molecule has 0 radical (unpaired) electrons. The number of aromatic nitrogens is 1. The van der Waals surface area contributed by atoms with E-state index in [0.29, 0.717) is 10.2 Å². The number of halogens is 2. The van der Waals surface area contributed by atoms with E-state index in [1.165, 1.54) is 0 Å². The molecule has 62 valence electrons. The largest absolute Gasteiger partial charge is 0.243 e. The van der Waals surface area contributed by atoms with Crippen LogP contribution in [0.15, 0.2) is 12.3 Å². The van der Waals surface area contributed by atoms with E-state index < -0.39 is 0 Å². The maximum atomic E-state index is 5.75. The first-order valence-corrected chi connectivity index (χ1v) is 4.18. The van der Waals surface area contributed by atoms with Crippen molar-refractivity contribution in [2.75, 3.05) is 0 Å². The van der Waals surface area contributed by atoms with E-state index in [0.717, 1.165) is 5.56 Å². The summed E-state index contributed by atoms with van der Waals surface area (Å²) in [4.78, 5) is 3.89. The van der Waals surface area contributed by atoms with Crippen molar-refractivity contribution < 1.29 is 0 Å². The third-order valence-electron chi connectivity index (χ3n) is 1.57. The van der Waals surface area contributed by atoms with Gasteiger partial charge in [-0.05, 0) is 18.6 Å². The molecule has 0 amide bonds. The monoisotopic (exact) mass is 199 g/mol. The molecular formula is C9H7Cl2N. The number of hydrogen-bond acceptors (Lipinski definition) is 1. The summed E-state index contributed by atoms with van der Waals surface area (Å²) in [6, 6.07) is 1.74. The number of nitrogens with zero attached hydrogens (tertiary/aromatic N) is 1. The molecule has 0 saturated heterocycles. The minimum atomic E-state index is 0.0206. The molecule has 0 spiro atoms. The molecule has 0 saturated carbocycles. The molecule has 0 aliphatic carbocycles. The lowest BCUT2D eigenvalue weighted by Gasteiger charge is -2.04. The average Bonchev–Trinajstić information content (AvgIpc) is 2.08. The van der Waals surface area contributed by atoms with Crippen molar-refractivity contribution in [3.63, 3.8) is 0 Å². The van der Waals surface area contributed by atoms with Crippen molar-refractivity contribution in [1.82, 2.24) is 4.98 Å². The van der Waals surface area contributed by atoms with E-state index >= 15 is 0 Å². The molecule has 12 heavy (non-hydrogen) atoms. The average molecular weight is 200 g/mol. The molecule has 1 nitrogen and oxygen atoms in total. The van der Waals surface area contributed by atoms with Crippen LogP contribution in [0.4, 0.5) is 0 Å². The van der Waals surface area contributed by atoms with Crippen LogP contribution < -0.4 is 0 Å². The Bertz CT molecular complexity index is 328. The fourth-order valence-electron chi connectivity index (χ4n) is 0.769. The molecule has 0 N–H and O–H groups in total. The summed E-state index contributed by atoms with van der Waals surface area (Å²) in [5, 5.41) is 0.751. The van der Waals surface area contributed by atoms with E-state index in [1.54, 1.807) is 12.3 Å². The smallest absolute Gasteiger partial charge is 0.147 e. The van der Waals surface area contributed by atoms with E-state index in [1.807, 2.05) is 6.92 Å². The van der Waals surface area contributed by atoms with Gasteiger partial charge in [-0.15, -0.1) is 6.42 Å². The SMILES string of the molecule is C#CC(C)c1cnc(Cl)c(Cl)c1. The Hall–Kier alpha value is -0.710. The van der Waals surface area contributed by atoms with Gasteiger partial charge in [0.05, 0.1) is 5.02 Å².